The molecule has 1 amide bonds. The van der Waals surface area contributed by atoms with Gasteiger partial charge in [-0.3, -0.25) is 4.79 Å². The lowest BCUT2D eigenvalue weighted by molar-refractivity contribution is -0.118. The van der Waals surface area contributed by atoms with Gasteiger partial charge in [-0.2, -0.15) is 0 Å². The highest BCUT2D eigenvalue weighted by Crippen LogP contribution is 2.31. The monoisotopic (exact) mass is 411 g/mol. The van der Waals surface area contributed by atoms with Gasteiger partial charge in [0.2, 0.25) is 0 Å². The lowest BCUT2D eigenvalue weighted by Gasteiger charge is -2.12. The Hall–Kier alpha value is -3.51. The molecule has 0 spiro atoms. The average Bonchev–Trinajstić information content (AvgIpc) is 2.73. The standard InChI is InChI=1S/C22H18ClNO5/c1-28-20-8-3-2-7-17(20)14-5-4-6-16(11-14)29-13-21(25)24-19-10-9-15(23)12-18(19)22(26)27/h2-12H,13H2,1H3,(H,24,25)(H,26,27). The maximum absolute atomic E-state index is 12.2. The van der Waals surface area contributed by atoms with Gasteiger partial charge >= 0.3 is 5.97 Å². The lowest BCUT2D eigenvalue weighted by Crippen LogP contribution is -2.21. The van der Waals surface area contributed by atoms with Crippen molar-refractivity contribution >= 4 is 29.2 Å². The first-order valence-corrected chi connectivity index (χ1v) is 9.04. The van der Waals surface area contributed by atoms with Crippen LogP contribution in [0.1, 0.15) is 10.4 Å². The Morgan fingerprint density at radius 1 is 1.03 bits per heavy atom. The molecule has 0 heterocycles. The van der Waals surface area contributed by atoms with Gasteiger partial charge < -0.3 is 19.9 Å². The Labute approximate surface area is 172 Å². The first-order valence-electron chi connectivity index (χ1n) is 8.67. The summed E-state index contributed by atoms with van der Waals surface area (Å²) < 4.78 is 11.0. The Morgan fingerprint density at radius 2 is 1.83 bits per heavy atom. The number of anilines is 1. The maximum Gasteiger partial charge on any atom is 0.337 e. The van der Waals surface area contributed by atoms with Crippen LogP contribution in [0.15, 0.2) is 66.7 Å². The van der Waals surface area contributed by atoms with Crippen LogP contribution >= 0.6 is 11.6 Å². The molecule has 0 atom stereocenters. The van der Waals surface area contributed by atoms with E-state index in [2.05, 4.69) is 5.32 Å². The van der Waals surface area contributed by atoms with E-state index in [1.54, 1.807) is 19.2 Å². The van der Waals surface area contributed by atoms with E-state index in [4.69, 9.17) is 21.1 Å². The summed E-state index contributed by atoms with van der Waals surface area (Å²) in [5.41, 5.74) is 1.84. The van der Waals surface area contributed by atoms with Crippen LogP contribution in [0.4, 0.5) is 5.69 Å². The summed E-state index contributed by atoms with van der Waals surface area (Å²) in [6.07, 6.45) is 0. The number of carboxylic acids is 1. The van der Waals surface area contributed by atoms with Crippen LogP contribution in [0.5, 0.6) is 11.5 Å². The minimum absolute atomic E-state index is 0.0935. The fraction of sp³-hybridized carbons (Fsp3) is 0.0909. The van der Waals surface area contributed by atoms with Crippen molar-refractivity contribution < 1.29 is 24.2 Å². The molecule has 0 saturated heterocycles. The Kier molecular flexibility index (Phi) is 6.36. The fourth-order valence-electron chi connectivity index (χ4n) is 2.77. The third-order valence-electron chi connectivity index (χ3n) is 4.11. The molecule has 29 heavy (non-hydrogen) atoms. The van der Waals surface area contributed by atoms with E-state index in [1.807, 2.05) is 36.4 Å². The second-order valence-corrected chi connectivity index (χ2v) is 6.50. The number of carbonyl (C=O) groups excluding carboxylic acids is 1. The molecule has 0 unspecified atom stereocenters. The topological polar surface area (TPSA) is 84.9 Å². The van der Waals surface area contributed by atoms with Gasteiger partial charge in [-0.1, -0.05) is 41.9 Å². The summed E-state index contributed by atoms with van der Waals surface area (Å²) in [6.45, 7) is -0.281. The number of carbonyl (C=O) groups is 2. The van der Waals surface area contributed by atoms with Crippen molar-refractivity contribution in [2.24, 2.45) is 0 Å². The summed E-state index contributed by atoms with van der Waals surface area (Å²) >= 11 is 5.82. The van der Waals surface area contributed by atoms with Gasteiger partial charge in [-0.15, -0.1) is 0 Å². The normalized spacial score (nSPS) is 10.3. The van der Waals surface area contributed by atoms with Gasteiger partial charge in [0.05, 0.1) is 18.4 Å². The summed E-state index contributed by atoms with van der Waals surface area (Å²) in [5.74, 6) is -0.449. The van der Waals surface area contributed by atoms with Gasteiger partial charge in [0.1, 0.15) is 11.5 Å². The van der Waals surface area contributed by atoms with Gasteiger partial charge in [0, 0.05) is 10.6 Å². The number of nitrogens with one attached hydrogen (secondary N) is 1. The molecule has 0 bridgehead atoms. The Bertz CT molecular complexity index is 1050. The van der Waals surface area contributed by atoms with Crippen LogP contribution < -0.4 is 14.8 Å². The molecule has 0 fully saturated rings. The van der Waals surface area contributed by atoms with Crippen molar-refractivity contribution in [1.82, 2.24) is 0 Å². The number of methoxy groups -OCH3 is 1. The molecule has 3 rings (SSSR count). The quantitative estimate of drug-likeness (QED) is 0.587. The maximum atomic E-state index is 12.2. The molecular formula is C22H18ClNO5. The van der Waals surface area contributed by atoms with Crippen LogP contribution in [0.25, 0.3) is 11.1 Å². The van der Waals surface area contributed by atoms with Crippen LogP contribution in [0.2, 0.25) is 5.02 Å². The van der Waals surface area contributed by atoms with E-state index in [-0.39, 0.29) is 22.9 Å². The third-order valence-corrected chi connectivity index (χ3v) is 4.34. The first-order chi connectivity index (χ1) is 14.0. The highest BCUT2D eigenvalue weighted by Gasteiger charge is 2.14. The summed E-state index contributed by atoms with van der Waals surface area (Å²) in [4.78, 5) is 23.5. The zero-order valence-corrected chi connectivity index (χ0v) is 16.3. The van der Waals surface area contributed by atoms with Crippen LogP contribution in [0.3, 0.4) is 0 Å². The molecule has 6 nitrogen and oxygen atoms in total. The number of para-hydroxylation sites is 1. The zero-order valence-electron chi connectivity index (χ0n) is 15.5. The number of benzene rings is 3. The second-order valence-electron chi connectivity index (χ2n) is 6.06. The summed E-state index contributed by atoms with van der Waals surface area (Å²) in [6, 6.07) is 19.1. The number of carboxylic acid groups (broad SMARTS) is 1. The van der Waals surface area contributed by atoms with E-state index in [0.717, 1.165) is 16.9 Å². The van der Waals surface area contributed by atoms with E-state index in [1.165, 1.54) is 18.2 Å². The minimum Gasteiger partial charge on any atom is -0.496 e. The number of hydrogen-bond acceptors (Lipinski definition) is 4. The molecule has 3 aromatic rings. The van der Waals surface area contributed by atoms with E-state index < -0.39 is 11.9 Å². The molecule has 3 aromatic carbocycles. The van der Waals surface area contributed by atoms with Crippen molar-refractivity contribution in [2.75, 3.05) is 19.0 Å². The van der Waals surface area contributed by atoms with E-state index in [0.29, 0.717) is 5.75 Å². The molecule has 0 aliphatic rings. The van der Waals surface area contributed by atoms with Crippen LogP contribution in [-0.4, -0.2) is 30.7 Å². The molecule has 0 aliphatic carbocycles. The van der Waals surface area contributed by atoms with Crippen LogP contribution in [0, 0.1) is 0 Å². The third kappa shape index (κ3) is 5.06. The molecule has 148 valence electrons. The van der Waals surface area contributed by atoms with Gasteiger partial charge in [-0.25, -0.2) is 4.79 Å². The van der Waals surface area contributed by atoms with Crippen LogP contribution in [-0.2, 0) is 4.79 Å². The number of hydrogen-bond donors (Lipinski definition) is 2. The van der Waals surface area contributed by atoms with Crippen molar-refractivity contribution in [3.8, 4) is 22.6 Å². The molecule has 7 heteroatoms. The number of amides is 1. The zero-order chi connectivity index (χ0) is 20.8. The SMILES string of the molecule is COc1ccccc1-c1cccc(OCC(=O)Nc2ccc(Cl)cc2C(=O)O)c1. The molecule has 0 saturated carbocycles. The van der Waals surface area contributed by atoms with Gasteiger partial charge in [-0.05, 0) is 42.0 Å². The van der Waals surface area contributed by atoms with Crippen molar-refractivity contribution in [3.05, 3.63) is 77.3 Å². The largest absolute Gasteiger partial charge is 0.496 e. The molecule has 2 N–H and O–H groups in total. The molecule has 0 radical (unpaired) electrons. The summed E-state index contributed by atoms with van der Waals surface area (Å²) in [7, 11) is 1.60. The predicted molar refractivity (Wildman–Crippen MR) is 111 cm³/mol. The smallest absolute Gasteiger partial charge is 0.337 e. The minimum atomic E-state index is -1.19. The van der Waals surface area contributed by atoms with Crippen molar-refractivity contribution in [1.29, 1.82) is 0 Å². The Balaban J connectivity index is 1.69. The number of ether oxygens (including phenoxy) is 2. The lowest BCUT2D eigenvalue weighted by atomic mass is 10.0. The predicted octanol–water partition coefficient (Wildman–Crippen LogP) is 4.73. The van der Waals surface area contributed by atoms with E-state index >= 15 is 0 Å². The number of rotatable bonds is 7. The number of halogens is 1. The van der Waals surface area contributed by atoms with Crippen molar-refractivity contribution in [2.45, 2.75) is 0 Å². The Morgan fingerprint density at radius 3 is 2.59 bits per heavy atom. The molecule has 0 aliphatic heterocycles. The van der Waals surface area contributed by atoms with Gasteiger partial charge in [0.15, 0.2) is 6.61 Å². The molecule has 0 aromatic heterocycles. The first kappa shape index (κ1) is 20.2. The van der Waals surface area contributed by atoms with Crippen molar-refractivity contribution in [3.63, 3.8) is 0 Å². The highest BCUT2D eigenvalue weighted by atomic mass is 35.5. The highest BCUT2D eigenvalue weighted by molar-refractivity contribution is 6.31. The van der Waals surface area contributed by atoms with E-state index in [9.17, 15) is 14.7 Å². The average molecular weight is 412 g/mol. The second kappa shape index (κ2) is 9.12. The van der Waals surface area contributed by atoms with Gasteiger partial charge in [0.25, 0.3) is 5.91 Å². The number of aromatic carboxylic acids is 1. The molecular weight excluding hydrogens is 394 g/mol. The fourth-order valence-corrected chi connectivity index (χ4v) is 2.95. The summed E-state index contributed by atoms with van der Waals surface area (Å²) in [5, 5.41) is 12.0.